The minimum atomic E-state index is -0.146. The largest absolute Gasteiger partial charge is 0.489 e. The van der Waals surface area contributed by atoms with Crippen LogP contribution in [0, 0.1) is 0 Å². The van der Waals surface area contributed by atoms with Gasteiger partial charge in [-0.1, -0.05) is 49.1 Å². The average Bonchev–Trinajstić information content (AvgIpc) is 2.72. The Bertz CT molecular complexity index is 752. The van der Waals surface area contributed by atoms with Gasteiger partial charge in [0.05, 0.1) is 18.8 Å². The van der Waals surface area contributed by atoms with E-state index >= 15 is 0 Å². The van der Waals surface area contributed by atoms with Crippen LogP contribution in [0.5, 0.6) is 5.75 Å². The van der Waals surface area contributed by atoms with Gasteiger partial charge in [0.1, 0.15) is 12.4 Å². The van der Waals surface area contributed by atoms with Crippen LogP contribution in [0.4, 0.5) is 0 Å². The highest BCUT2D eigenvalue weighted by Crippen LogP contribution is 2.18. The Kier molecular flexibility index (Phi) is 7.02. The summed E-state index contributed by atoms with van der Waals surface area (Å²) in [6.45, 7) is 8.99. The number of morpholine rings is 1. The van der Waals surface area contributed by atoms with Crippen molar-refractivity contribution in [1.29, 1.82) is 0 Å². The molecule has 0 aromatic heterocycles. The molecule has 0 radical (unpaired) electrons. The molecule has 1 heterocycles. The quantitative estimate of drug-likeness (QED) is 0.730. The first-order chi connectivity index (χ1) is 13.3. The van der Waals surface area contributed by atoms with E-state index in [0.29, 0.717) is 24.5 Å². The van der Waals surface area contributed by atoms with E-state index in [1.165, 1.54) is 5.56 Å². The lowest BCUT2D eigenvalue weighted by molar-refractivity contribution is 0.0342. The minimum Gasteiger partial charge on any atom is -0.489 e. The van der Waals surface area contributed by atoms with Gasteiger partial charge in [-0.25, -0.2) is 0 Å². The summed E-state index contributed by atoms with van der Waals surface area (Å²) in [7, 11) is 0. The lowest BCUT2D eigenvalue weighted by Crippen LogP contribution is -2.35. The molecule has 27 heavy (non-hydrogen) atoms. The van der Waals surface area contributed by atoms with Crippen LogP contribution in [0.15, 0.2) is 61.2 Å². The fraction of sp³-hybridized carbons (Fsp3) is 0.318. The van der Waals surface area contributed by atoms with Crippen molar-refractivity contribution in [3.05, 3.63) is 77.9 Å². The third-order valence-corrected chi connectivity index (χ3v) is 4.47. The van der Waals surface area contributed by atoms with Crippen molar-refractivity contribution in [3.63, 3.8) is 0 Å². The third-order valence-electron chi connectivity index (χ3n) is 4.47. The maximum Gasteiger partial charge on any atom is 0.255 e. The van der Waals surface area contributed by atoms with Crippen molar-refractivity contribution in [2.45, 2.75) is 13.1 Å². The summed E-state index contributed by atoms with van der Waals surface area (Å²) in [4.78, 5) is 14.9. The van der Waals surface area contributed by atoms with E-state index in [4.69, 9.17) is 9.47 Å². The number of nitrogens with one attached hydrogen (secondary N) is 1. The van der Waals surface area contributed by atoms with Crippen LogP contribution in [0.2, 0.25) is 0 Å². The van der Waals surface area contributed by atoms with Gasteiger partial charge in [-0.15, -0.1) is 0 Å². The highest BCUT2D eigenvalue weighted by Gasteiger charge is 2.12. The van der Waals surface area contributed by atoms with Gasteiger partial charge in [-0.3, -0.25) is 9.69 Å². The van der Waals surface area contributed by atoms with Crippen molar-refractivity contribution < 1.29 is 14.3 Å². The van der Waals surface area contributed by atoms with Crippen molar-refractivity contribution in [3.8, 4) is 5.75 Å². The van der Waals surface area contributed by atoms with E-state index in [-0.39, 0.29) is 5.91 Å². The van der Waals surface area contributed by atoms with E-state index < -0.39 is 0 Å². The van der Waals surface area contributed by atoms with E-state index in [1.54, 1.807) is 18.2 Å². The van der Waals surface area contributed by atoms with Gasteiger partial charge >= 0.3 is 0 Å². The number of ether oxygens (including phenoxy) is 2. The molecule has 5 heteroatoms. The van der Waals surface area contributed by atoms with Crippen molar-refractivity contribution in [2.24, 2.45) is 0 Å². The van der Waals surface area contributed by atoms with Crippen LogP contribution in [0.25, 0.3) is 0 Å². The third kappa shape index (κ3) is 5.67. The van der Waals surface area contributed by atoms with E-state index in [2.05, 4.69) is 41.1 Å². The number of carbonyl (C=O) groups is 1. The van der Waals surface area contributed by atoms with E-state index in [1.807, 2.05) is 12.1 Å². The molecule has 2 aromatic carbocycles. The monoisotopic (exact) mass is 366 g/mol. The highest BCUT2D eigenvalue weighted by atomic mass is 16.5. The molecule has 1 aliphatic rings. The summed E-state index contributed by atoms with van der Waals surface area (Å²) in [5, 5.41) is 2.96. The van der Waals surface area contributed by atoms with E-state index in [0.717, 1.165) is 38.4 Å². The summed E-state index contributed by atoms with van der Waals surface area (Å²) in [5.41, 5.74) is 2.87. The number of amides is 1. The first-order valence-corrected chi connectivity index (χ1v) is 9.25. The molecule has 1 N–H and O–H groups in total. The normalized spacial score (nSPS) is 14.5. The molecular weight excluding hydrogens is 340 g/mol. The maximum atomic E-state index is 12.5. The minimum absolute atomic E-state index is 0.146. The summed E-state index contributed by atoms with van der Waals surface area (Å²) >= 11 is 0. The summed E-state index contributed by atoms with van der Waals surface area (Å²) < 4.78 is 10.9. The first-order valence-electron chi connectivity index (χ1n) is 9.25. The van der Waals surface area contributed by atoms with Gasteiger partial charge in [0, 0.05) is 26.2 Å². The molecule has 3 rings (SSSR count). The summed E-state index contributed by atoms with van der Waals surface area (Å²) in [5.74, 6) is 0.419. The van der Waals surface area contributed by atoms with Gasteiger partial charge in [-0.2, -0.15) is 0 Å². The van der Waals surface area contributed by atoms with Gasteiger partial charge in [-0.05, 0) is 23.3 Å². The second-order valence-electron chi connectivity index (χ2n) is 6.48. The van der Waals surface area contributed by atoms with Crippen LogP contribution < -0.4 is 10.1 Å². The van der Waals surface area contributed by atoms with Crippen molar-refractivity contribution in [2.75, 3.05) is 32.9 Å². The predicted octanol–water partition coefficient (Wildman–Crippen LogP) is 3.01. The van der Waals surface area contributed by atoms with Gasteiger partial charge in [0.25, 0.3) is 5.91 Å². The van der Waals surface area contributed by atoms with Crippen LogP contribution >= 0.6 is 0 Å². The summed E-state index contributed by atoms with van der Waals surface area (Å²) in [6, 6.07) is 15.6. The van der Waals surface area contributed by atoms with Crippen molar-refractivity contribution in [1.82, 2.24) is 10.2 Å². The van der Waals surface area contributed by atoms with Crippen LogP contribution in [-0.2, 0) is 17.8 Å². The zero-order chi connectivity index (χ0) is 18.9. The molecule has 1 saturated heterocycles. The molecule has 0 saturated carbocycles. The topological polar surface area (TPSA) is 50.8 Å². The number of hydrogen-bond donors (Lipinski definition) is 1. The number of hydrogen-bond acceptors (Lipinski definition) is 4. The zero-order valence-electron chi connectivity index (χ0n) is 15.5. The predicted molar refractivity (Wildman–Crippen MR) is 106 cm³/mol. The second kappa shape index (κ2) is 9.90. The Morgan fingerprint density at radius 2 is 1.81 bits per heavy atom. The lowest BCUT2D eigenvalue weighted by Gasteiger charge is -2.26. The molecule has 0 bridgehead atoms. The van der Waals surface area contributed by atoms with Crippen LogP contribution in [0.1, 0.15) is 21.5 Å². The molecule has 0 unspecified atom stereocenters. The van der Waals surface area contributed by atoms with Gasteiger partial charge in [0.15, 0.2) is 0 Å². The molecule has 0 spiro atoms. The smallest absolute Gasteiger partial charge is 0.255 e. The lowest BCUT2D eigenvalue weighted by atomic mass is 10.1. The highest BCUT2D eigenvalue weighted by molar-refractivity contribution is 5.96. The number of carbonyl (C=O) groups excluding carboxylic acids is 1. The molecule has 1 aliphatic heterocycles. The Morgan fingerprint density at radius 1 is 1.11 bits per heavy atom. The SMILES string of the molecule is C=CCOc1ccccc1C(=O)NCc1ccc(CN2CCOCC2)cc1. The summed E-state index contributed by atoms with van der Waals surface area (Å²) in [6.07, 6.45) is 1.66. The average molecular weight is 366 g/mol. The van der Waals surface area contributed by atoms with E-state index in [9.17, 15) is 4.79 Å². The molecule has 2 aromatic rings. The zero-order valence-corrected chi connectivity index (χ0v) is 15.5. The fourth-order valence-corrected chi connectivity index (χ4v) is 2.99. The number of para-hydroxylation sites is 1. The molecule has 0 aliphatic carbocycles. The molecule has 142 valence electrons. The Balaban J connectivity index is 1.53. The molecular formula is C22H26N2O3. The van der Waals surface area contributed by atoms with Gasteiger partial charge < -0.3 is 14.8 Å². The second-order valence-corrected chi connectivity index (χ2v) is 6.48. The number of benzene rings is 2. The Morgan fingerprint density at radius 3 is 2.56 bits per heavy atom. The molecule has 0 atom stereocenters. The number of rotatable bonds is 8. The molecule has 1 fully saturated rings. The molecule has 1 amide bonds. The number of nitrogens with zero attached hydrogens (tertiary/aromatic N) is 1. The first kappa shape index (κ1) is 19.1. The molecule has 5 nitrogen and oxygen atoms in total. The maximum absolute atomic E-state index is 12.5. The van der Waals surface area contributed by atoms with Crippen molar-refractivity contribution >= 4 is 5.91 Å². The standard InChI is InChI=1S/C22H26N2O3/c1-2-13-27-21-6-4-3-5-20(21)22(25)23-16-18-7-9-19(10-8-18)17-24-11-14-26-15-12-24/h2-10H,1,11-17H2,(H,23,25). The Hall–Kier alpha value is -2.63. The fourth-order valence-electron chi connectivity index (χ4n) is 2.99. The van der Waals surface area contributed by atoms with Crippen LogP contribution in [0.3, 0.4) is 0 Å². The Labute approximate surface area is 160 Å². The van der Waals surface area contributed by atoms with Crippen LogP contribution in [-0.4, -0.2) is 43.7 Å². The van der Waals surface area contributed by atoms with Gasteiger partial charge in [0.2, 0.25) is 0 Å².